The first kappa shape index (κ1) is 14.1. The molecule has 0 radical (unpaired) electrons. The molecule has 0 atom stereocenters. The van der Waals surface area contributed by atoms with Crippen molar-refractivity contribution in [1.29, 1.82) is 0 Å². The third-order valence-corrected chi connectivity index (χ3v) is 2.65. The van der Waals surface area contributed by atoms with Crippen LogP contribution < -0.4 is 4.74 Å². The van der Waals surface area contributed by atoms with E-state index in [-0.39, 0.29) is 11.4 Å². The normalized spacial score (nSPS) is 10.4. The summed E-state index contributed by atoms with van der Waals surface area (Å²) < 4.78 is 11.9. The predicted molar refractivity (Wildman–Crippen MR) is 72.5 cm³/mol. The molecular formula is C14H16N2O4. The SMILES string of the molecule is COCCCOc1cn(-c2ccccc2)nc1C(=O)O. The van der Waals surface area contributed by atoms with Gasteiger partial charge in [0.2, 0.25) is 5.69 Å². The summed E-state index contributed by atoms with van der Waals surface area (Å²) in [5, 5.41) is 13.2. The Morgan fingerprint density at radius 2 is 2.05 bits per heavy atom. The summed E-state index contributed by atoms with van der Waals surface area (Å²) in [6, 6.07) is 9.28. The standard InChI is InChI=1S/C14H16N2O4/c1-19-8-5-9-20-12-10-16(15-13(12)14(17)18)11-6-3-2-4-7-11/h2-4,6-7,10H,5,8-9H2,1H3,(H,17,18). The van der Waals surface area contributed by atoms with Crippen molar-refractivity contribution in [2.75, 3.05) is 20.3 Å². The molecule has 0 aliphatic rings. The summed E-state index contributed by atoms with van der Waals surface area (Å²) in [7, 11) is 1.61. The average Bonchev–Trinajstić information content (AvgIpc) is 2.89. The molecule has 106 valence electrons. The molecule has 0 bridgehead atoms. The van der Waals surface area contributed by atoms with Crippen LogP contribution in [-0.4, -0.2) is 41.2 Å². The Bertz CT molecular complexity index is 566. The molecule has 0 unspecified atom stereocenters. The van der Waals surface area contributed by atoms with Crippen LogP contribution in [0.3, 0.4) is 0 Å². The first-order valence-electron chi connectivity index (χ1n) is 6.22. The summed E-state index contributed by atoms with van der Waals surface area (Å²) in [6.45, 7) is 0.948. The molecule has 2 rings (SSSR count). The van der Waals surface area contributed by atoms with Gasteiger partial charge in [0.15, 0.2) is 5.75 Å². The fourth-order valence-electron chi connectivity index (χ4n) is 1.71. The van der Waals surface area contributed by atoms with Gasteiger partial charge in [0.1, 0.15) is 0 Å². The van der Waals surface area contributed by atoms with Crippen molar-refractivity contribution >= 4 is 5.97 Å². The Labute approximate surface area is 116 Å². The van der Waals surface area contributed by atoms with Gasteiger partial charge in [-0.15, -0.1) is 0 Å². The van der Waals surface area contributed by atoms with Crippen LogP contribution in [0, 0.1) is 0 Å². The molecule has 1 aromatic heterocycles. The maximum Gasteiger partial charge on any atom is 0.360 e. The summed E-state index contributed by atoms with van der Waals surface area (Å²) >= 11 is 0. The monoisotopic (exact) mass is 276 g/mol. The highest BCUT2D eigenvalue weighted by molar-refractivity contribution is 5.88. The van der Waals surface area contributed by atoms with Crippen molar-refractivity contribution in [2.24, 2.45) is 0 Å². The molecule has 1 heterocycles. The minimum atomic E-state index is -1.11. The first-order chi connectivity index (χ1) is 9.72. The van der Waals surface area contributed by atoms with E-state index in [1.54, 1.807) is 13.3 Å². The molecule has 0 fully saturated rings. The van der Waals surface area contributed by atoms with Crippen LogP contribution in [0.5, 0.6) is 5.75 Å². The Morgan fingerprint density at radius 3 is 2.70 bits per heavy atom. The van der Waals surface area contributed by atoms with Crippen molar-refractivity contribution in [3.05, 3.63) is 42.2 Å². The van der Waals surface area contributed by atoms with E-state index in [9.17, 15) is 4.79 Å². The van der Waals surface area contributed by atoms with Gasteiger partial charge in [0.05, 0.1) is 18.5 Å². The third kappa shape index (κ3) is 3.36. The van der Waals surface area contributed by atoms with E-state index < -0.39 is 5.97 Å². The van der Waals surface area contributed by atoms with Gasteiger partial charge in [-0.3, -0.25) is 0 Å². The second kappa shape index (κ2) is 6.72. The largest absolute Gasteiger partial charge is 0.489 e. The lowest BCUT2D eigenvalue weighted by molar-refractivity contribution is 0.0685. The average molecular weight is 276 g/mol. The molecule has 6 heteroatoms. The number of hydrogen-bond acceptors (Lipinski definition) is 4. The van der Waals surface area contributed by atoms with Crippen molar-refractivity contribution in [3.8, 4) is 11.4 Å². The quantitative estimate of drug-likeness (QED) is 0.783. The zero-order valence-electron chi connectivity index (χ0n) is 11.2. The number of hydrogen-bond donors (Lipinski definition) is 1. The molecule has 20 heavy (non-hydrogen) atoms. The highest BCUT2D eigenvalue weighted by Crippen LogP contribution is 2.20. The van der Waals surface area contributed by atoms with E-state index in [1.807, 2.05) is 30.3 Å². The number of methoxy groups -OCH3 is 1. The van der Waals surface area contributed by atoms with Crippen LogP contribution in [-0.2, 0) is 4.74 Å². The van der Waals surface area contributed by atoms with Crippen LogP contribution in [0.25, 0.3) is 5.69 Å². The van der Waals surface area contributed by atoms with E-state index in [0.29, 0.717) is 19.6 Å². The number of carboxylic acid groups (broad SMARTS) is 1. The number of aromatic nitrogens is 2. The van der Waals surface area contributed by atoms with E-state index in [1.165, 1.54) is 4.68 Å². The van der Waals surface area contributed by atoms with E-state index in [4.69, 9.17) is 14.6 Å². The van der Waals surface area contributed by atoms with Crippen LogP contribution in [0.15, 0.2) is 36.5 Å². The van der Waals surface area contributed by atoms with E-state index in [0.717, 1.165) is 5.69 Å². The summed E-state index contributed by atoms with van der Waals surface area (Å²) in [5.41, 5.74) is 0.688. The molecule has 0 saturated heterocycles. The van der Waals surface area contributed by atoms with Crippen molar-refractivity contribution in [1.82, 2.24) is 9.78 Å². The highest BCUT2D eigenvalue weighted by atomic mass is 16.5. The van der Waals surface area contributed by atoms with E-state index in [2.05, 4.69) is 5.10 Å². The maximum atomic E-state index is 11.2. The van der Waals surface area contributed by atoms with Crippen molar-refractivity contribution in [3.63, 3.8) is 0 Å². The topological polar surface area (TPSA) is 73.6 Å². The van der Waals surface area contributed by atoms with E-state index >= 15 is 0 Å². The molecule has 0 saturated carbocycles. The Balaban J connectivity index is 2.18. The smallest absolute Gasteiger partial charge is 0.360 e. The summed E-state index contributed by atoms with van der Waals surface area (Å²) in [5.74, 6) is -0.848. The zero-order chi connectivity index (χ0) is 14.4. The lowest BCUT2D eigenvalue weighted by Gasteiger charge is -2.03. The molecule has 0 aliphatic heterocycles. The van der Waals surface area contributed by atoms with Gasteiger partial charge in [-0.2, -0.15) is 5.10 Å². The number of benzene rings is 1. The maximum absolute atomic E-state index is 11.2. The molecular weight excluding hydrogens is 260 g/mol. The van der Waals surface area contributed by atoms with Crippen LogP contribution in [0.2, 0.25) is 0 Å². The fourth-order valence-corrected chi connectivity index (χ4v) is 1.71. The Hall–Kier alpha value is -2.34. The van der Waals surface area contributed by atoms with Gasteiger partial charge < -0.3 is 14.6 Å². The minimum absolute atomic E-state index is 0.0914. The first-order valence-corrected chi connectivity index (χ1v) is 6.22. The fraction of sp³-hybridized carbons (Fsp3) is 0.286. The molecule has 0 aliphatic carbocycles. The molecule has 1 N–H and O–H groups in total. The number of rotatable bonds is 7. The molecule has 0 spiro atoms. The molecule has 0 amide bonds. The van der Waals surface area contributed by atoms with Crippen LogP contribution in [0.4, 0.5) is 0 Å². The van der Waals surface area contributed by atoms with Gasteiger partial charge in [0.25, 0.3) is 0 Å². The van der Waals surface area contributed by atoms with Crippen molar-refractivity contribution in [2.45, 2.75) is 6.42 Å². The Morgan fingerprint density at radius 1 is 1.30 bits per heavy atom. The second-order valence-electron chi connectivity index (χ2n) is 4.12. The highest BCUT2D eigenvalue weighted by Gasteiger charge is 2.17. The van der Waals surface area contributed by atoms with Gasteiger partial charge in [-0.05, 0) is 12.1 Å². The zero-order valence-corrected chi connectivity index (χ0v) is 11.2. The lowest BCUT2D eigenvalue weighted by atomic mass is 10.3. The molecule has 2 aromatic rings. The minimum Gasteiger partial charge on any atom is -0.489 e. The predicted octanol–water partition coefficient (Wildman–Crippen LogP) is 1.99. The number of ether oxygens (including phenoxy) is 2. The second-order valence-corrected chi connectivity index (χ2v) is 4.12. The number of carboxylic acids is 1. The lowest BCUT2D eigenvalue weighted by Crippen LogP contribution is -2.05. The summed E-state index contributed by atoms with van der Waals surface area (Å²) in [6.07, 6.45) is 2.26. The number of aromatic carboxylic acids is 1. The van der Waals surface area contributed by atoms with Gasteiger partial charge in [0, 0.05) is 20.1 Å². The number of para-hydroxylation sites is 1. The summed E-state index contributed by atoms with van der Waals surface area (Å²) in [4.78, 5) is 11.2. The number of nitrogens with zero attached hydrogens (tertiary/aromatic N) is 2. The van der Waals surface area contributed by atoms with Crippen molar-refractivity contribution < 1.29 is 19.4 Å². The van der Waals surface area contributed by atoms with Gasteiger partial charge >= 0.3 is 5.97 Å². The Kier molecular flexibility index (Phi) is 4.73. The van der Waals surface area contributed by atoms with Crippen LogP contribution in [0.1, 0.15) is 16.9 Å². The van der Waals surface area contributed by atoms with Gasteiger partial charge in [-0.25, -0.2) is 9.48 Å². The van der Waals surface area contributed by atoms with Crippen LogP contribution >= 0.6 is 0 Å². The molecule has 1 aromatic carbocycles. The third-order valence-electron chi connectivity index (χ3n) is 2.65. The van der Waals surface area contributed by atoms with Gasteiger partial charge in [-0.1, -0.05) is 18.2 Å². The number of carbonyl (C=O) groups is 1. The molecule has 6 nitrogen and oxygen atoms in total.